The Morgan fingerprint density at radius 2 is 1.23 bits per heavy atom. The molecular formula is C58H68N16O12. The van der Waals surface area contributed by atoms with E-state index >= 15 is 0 Å². The number of hydrogen-bond acceptors (Lipinski definition) is 15. The molecule has 0 spiro atoms. The number of anilines is 1. The zero-order valence-corrected chi connectivity index (χ0v) is 48.6. The number of amides is 9. The fourth-order valence-electron chi connectivity index (χ4n) is 10.7. The summed E-state index contributed by atoms with van der Waals surface area (Å²) in [7, 11) is 3.45. The summed E-state index contributed by atoms with van der Waals surface area (Å²) in [6.07, 6.45) is -0.115. The first-order valence-corrected chi connectivity index (χ1v) is 28.2. The first-order valence-electron chi connectivity index (χ1n) is 28.2. The van der Waals surface area contributed by atoms with Gasteiger partial charge in [-0.05, 0) is 108 Å². The predicted octanol–water partition coefficient (Wildman–Crippen LogP) is 1.53. The van der Waals surface area contributed by atoms with Crippen LogP contribution in [-0.4, -0.2) is 154 Å². The van der Waals surface area contributed by atoms with Crippen molar-refractivity contribution in [3.05, 3.63) is 123 Å². The van der Waals surface area contributed by atoms with Gasteiger partial charge in [-0.15, -0.1) is 0 Å². The van der Waals surface area contributed by atoms with Crippen LogP contribution < -0.4 is 38.7 Å². The van der Waals surface area contributed by atoms with Gasteiger partial charge in [0.15, 0.2) is 0 Å². The highest BCUT2D eigenvalue weighted by Gasteiger charge is 2.45. The van der Waals surface area contributed by atoms with Crippen molar-refractivity contribution in [3.63, 3.8) is 0 Å². The van der Waals surface area contributed by atoms with Gasteiger partial charge in [0, 0.05) is 76.6 Å². The van der Waals surface area contributed by atoms with Crippen LogP contribution in [0.3, 0.4) is 0 Å². The number of nitrogens with zero attached hydrogens (tertiary/aromatic N) is 11. The Balaban J connectivity index is 0.873. The minimum absolute atomic E-state index is 0.0129. The fourth-order valence-corrected chi connectivity index (χ4v) is 10.7. The molecular weight excluding hydrogens is 1110 g/mol. The number of nitrogens with two attached hydrogens (primary N) is 2. The van der Waals surface area contributed by atoms with E-state index in [4.69, 9.17) is 25.7 Å². The van der Waals surface area contributed by atoms with Gasteiger partial charge in [-0.3, -0.25) is 62.7 Å². The number of nitrogens with one attached hydrogen (secondary N) is 3. The second-order valence-corrected chi connectivity index (χ2v) is 20.7. The number of imidazole rings is 2. The molecule has 3 aromatic carbocycles. The first-order chi connectivity index (χ1) is 41.3. The molecule has 1 saturated heterocycles. The van der Waals surface area contributed by atoms with E-state index in [0.717, 1.165) is 4.90 Å². The number of fused-ring (bicyclic) bond motifs is 3. The standard InChI is InChI=1S/C58H68N16O12/c1-7-72-45(28-33(3)66-72)53(80)64-57-68(5)43-30-35(50(59)77)12-14-40(43)70(57)22-18-37(19-23-71-41-15-13-36(51(60)78)31-44(41)69(6)58(71)65-54(81)46-29-34(4)67-73(46)8-2)86-32-48(76)62-21-25-85-27-26-84-24-20-61-39-11-9-10-38-49(39)56(83)74(55(38)82)42-16-17-47(75)63-52(42)79/h9-15,28-31,37,42,61H,7-8,16-27,32H2,1-6H3,(H2,59,77)(H2,60,78)(H,62,76)(H,63,75,79). The van der Waals surface area contributed by atoms with Crippen LogP contribution >= 0.6 is 0 Å². The Morgan fingerprint density at radius 3 is 1.74 bits per heavy atom. The van der Waals surface area contributed by atoms with Crippen molar-refractivity contribution < 1.29 is 57.4 Å². The Kier molecular flexibility index (Phi) is 18.8. The molecule has 0 aliphatic carbocycles. The van der Waals surface area contributed by atoms with Gasteiger partial charge >= 0.3 is 0 Å². The van der Waals surface area contributed by atoms with Crippen LogP contribution in [0.5, 0.6) is 0 Å². The number of rotatable bonds is 26. The topological polar surface area (TPSA) is 353 Å². The summed E-state index contributed by atoms with van der Waals surface area (Å²) in [5.41, 5.74) is 17.4. The zero-order chi connectivity index (χ0) is 61.5. The molecule has 1 fully saturated rings. The molecule has 9 amide bonds. The predicted molar refractivity (Wildman–Crippen MR) is 309 cm³/mol. The zero-order valence-electron chi connectivity index (χ0n) is 48.6. The molecule has 7 N–H and O–H groups in total. The fraction of sp³-hybridized carbons (Fsp3) is 0.397. The van der Waals surface area contributed by atoms with Crippen LogP contribution in [0, 0.1) is 13.8 Å². The number of hydrogen-bond donors (Lipinski definition) is 5. The van der Waals surface area contributed by atoms with Crippen LogP contribution in [-0.2, 0) is 68.9 Å². The van der Waals surface area contributed by atoms with Gasteiger partial charge in [0.1, 0.15) is 24.0 Å². The monoisotopic (exact) mass is 1180 g/mol. The summed E-state index contributed by atoms with van der Waals surface area (Å²) in [4.78, 5) is 127. The molecule has 2 aliphatic heterocycles. The van der Waals surface area contributed by atoms with Gasteiger partial charge in [0.05, 0.1) is 77.1 Å². The minimum atomic E-state index is -1.08. The van der Waals surface area contributed by atoms with Crippen molar-refractivity contribution in [2.75, 3.05) is 51.4 Å². The number of aryl methyl sites for hydroxylation is 8. The number of imide groups is 2. The quantitative estimate of drug-likeness (QED) is 0.0379. The molecule has 28 nitrogen and oxygen atoms in total. The van der Waals surface area contributed by atoms with E-state index in [0.29, 0.717) is 52.2 Å². The number of benzene rings is 3. The Labute approximate surface area is 491 Å². The van der Waals surface area contributed by atoms with E-state index in [9.17, 15) is 43.2 Å². The molecule has 6 heterocycles. The molecule has 1 atom stereocenters. The molecule has 1 unspecified atom stereocenters. The smallest absolute Gasteiger partial charge is 0.298 e. The van der Waals surface area contributed by atoms with E-state index in [-0.39, 0.29) is 130 Å². The second kappa shape index (κ2) is 26.5. The van der Waals surface area contributed by atoms with Crippen molar-refractivity contribution in [3.8, 4) is 0 Å². The third-order valence-electron chi connectivity index (χ3n) is 14.9. The van der Waals surface area contributed by atoms with Crippen LogP contribution in [0.4, 0.5) is 5.69 Å². The van der Waals surface area contributed by atoms with Crippen molar-refractivity contribution >= 4 is 80.9 Å². The summed E-state index contributed by atoms with van der Waals surface area (Å²) in [5, 5.41) is 17.0. The van der Waals surface area contributed by atoms with Gasteiger partial charge in [0.2, 0.25) is 40.8 Å². The number of aromatic nitrogens is 8. The van der Waals surface area contributed by atoms with Crippen LogP contribution in [0.15, 0.2) is 76.7 Å². The third kappa shape index (κ3) is 13.0. The molecule has 452 valence electrons. The molecule has 0 bridgehead atoms. The molecule has 2 aliphatic rings. The van der Waals surface area contributed by atoms with E-state index in [1.807, 2.05) is 23.0 Å². The maximum absolute atomic E-state index is 14.0. The van der Waals surface area contributed by atoms with Crippen LogP contribution in [0.1, 0.15) is 113 Å². The van der Waals surface area contributed by atoms with E-state index in [2.05, 4.69) is 36.1 Å². The lowest BCUT2D eigenvalue weighted by atomic mass is 10.0. The average Bonchev–Trinajstić information content (AvgIpc) is 2.60. The SMILES string of the molecule is CCn1nc(C)cc1C(=O)N=c1n(C)c2cc(C(N)=O)ccc2n1CCC(CCn1c(=NC(=O)c2cc(C)nn2CC)n(C)c2cc(C(N)=O)ccc21)OCC(=O)NCCOCCOCCNc1cccc2c1C(=O)N(C1CCC(=O)NC1=O)C2=O. The molecule has 28 heteroatoms. The lowest BCUT2D eigenvalue weighted by Gasteiger charge is -2.27. The van der Waals surface area contributed by atoms with Gasteiger partial charge in [0.25, 0.3) is 23.6 Å². The summed E-state index contributed by atoms with van der Waals surface area (Å²) in [6, 6.07) is 16.9. The number of ether oxygens (including phenoxy) is 3. The van der Waals surface area contributed by atoms with Crippen LogP contribution in [0.2, 0.25) is 0 Å². The summed E-state index contributed by atoms with van der Waals surface area (Å²) < 4.78 is 28.1. The second-order valence-electron chi connectivity index (χ2n) is 20.7. The number of piperidine rings is 1. The Bertz CT molecular complexity index is 3830. The molecule has 0 saturated carbocycles. The van der Waals surface area contributed by atoms with Gasteiger partial charge in [-0.2, -0.15) is 20.2 Å². The average molecular weight is 1180 g/mol. The maximum Gasteiger partial charge on any atom is 0.298 e. The highest BCUT2D eigenvalue weighted by molar-refractivity contribution is 6.25. The van der Waals surface area contributed by atoms with Gasteiger partial charge in [-0.25, -0.2) is 0 Å². The van der Waals surface area contributed by atoms with Crippen molar-refractivity contribution in [1.82, 2.24) is 53.4 Å². The highest BCUT2D eigenvalue weighted by atomic mass is 16.5. The lowest BCUT2D eigenvalue weighted by Crippen LogP contribution is -2.54. The summed E-state index contributed by atoms with van der Waals surface area (Å²) in [6.45, 7) is 9.35. The highest BCUT2D eigenvalue weighted by Crippen LogP contribution is 2.32. The molecule has 7 aromatic rings. The van der Waals surface area contributed by atoms with Gasteiger partial charge < -0.3 is 54.6 Å². The van der Waals surface area contributed by atoms with E-state index in [1.165, 1.54) is 6.07 Å². The number of carbonyl (C=O) groups is 9. The van der Waals surface area contributed by atoms with E-state index < -0.39 is 65.3 Å². The maximum atomic E-state index is 14.0. The number of primary amides is 2. The van der Waals surface area contributed by atoms with Crippen molar-refractivity contribution in [1.29, 1.82) is 0 Å². The normalized spacial score (nSPS) is 15.0. The van der Waals surface area contributed by atoms with Crippen molar-refractivity contribution in [2.45, 2.75) is 91.7 Å². The Hall–Kier alpha value is -9.67. The lowest BCUT2D eigenvalue weighted by molar-refractivity contribution is -0.136. The molecule has 9 rings (SSSR count). The largest absolute Gasteiger partial charge is 0.382 e. The van der Waals surface area contributed by atoms with E-state index in [1.54, 1.807) is 107 Å². The number of carbonyl (C=O) groups excluding carboxylic acids is 9. The molecule has 86 heavy (non-hydrogen) atoms. The van der Waals surface area contributed by atoms with Crippen LogP contribution in [0.25, 0.3) is 22.1 Å². The Morgan fingerprint density at radius 1 is 0.698 bits per heavy atom. The first kappa shape index (κ1) is 60.9. The summed E-state index contributed by atoms with van der Waals surface area (Å²) >= 11 is 0. The van der Waals surface area contributed by atoms with Gasteiger partial charge in [-0.1, -0.05) is 6.07 Å². The molecule has 0 radical (unpaired) electrons. The third-order valence-corrected chi connectivity index (χ3v) is 14.9. The van der Waals surface area contributed by atoms with Crippen molar-refractivity contribution in [2.24, 2.45) is 35.5 Å². The summed E-state index contributed by atoms with van der Waals surface area (Å²) in [5.74, 6) is -5.17. The molecule has 4 aromatic heterocycles. The minimum Gasteiger partial charge on any atom is -0.382 e.